The van der Waals surface area contributed by atoms with Gasteiger partial charge in [0.25, 0.3) is 0 Å². The molecule has 1 unspecified atom stereocenters. The van der Waals surface area contributed by atoms with Crippen LogP contribution in [0, 0.1) is 11.3 Å². The summed E-state index contributed by atoms with van der Waals surface area (Å²) < 4.78 is 31.7. The minimum atomic E-state index is -5.08. The lowest BCUT2D eigenvalue weighted by Crippen LogP contribution is -2.26. The summed E-state index contributed by atoms with van der Waals surface area (Å²) in [5, 5.41) is 28.8. The van der Waals surface area contributed by atoms with E-state index in [2.05, 4.69) is 16.4 Å². The lowest BCUT2D eigenvalue weighted by atomic mass is 10.2. The first kappa shape index (κ1) is 23.8. The van der Waals surface area contributed by atoms with Crippen molar-refractivity contribution >= 4 is 35.0 Å². The average molecular weight is 457 g/mol. The molecule has 1 saturated heterocycles. The number of benzene rings is 1. The molecule has 1 aliphatic rings. The third-order valence-corrected chi connectivity index (χ3v) is 4.44. The highest BCUT2D eigenvalue weighted by atomic mass is 35.5. The summed E-state index contributed by atoms with van der Waals surface area (Å²) in [5.74, 6) is -3.21. The van der Waals surface area contributed by atoms with Crippen LogP contribution in [0.5, 0.6) is 0 Å². The van der Waals surface area contributed by atoms with Crippen molar-refractivity contribution in [2.24, 2.45) is 0 Å². The number of hydrogen-bond acceptors (Lipinski definition) is 6. The van der Waals surface area contributed by atoms with Crippen molar-refractivity contribution in [3.05, 3.63) is 52.7 Å². The Balaban J connectivity index is 0.000000423. The first-order valence-corrected chi connectivity index (χ1v) is 9.09. The molecule has 8 nitrogen and oxygen atoms in total. The van der Waals surface area contributed by atoms with Gasteiger partial charge < -0.3 is 20.4 Å². The van der Waals surface area contributed by atoms with Crippen molar-refractivity contribution in [1.29, 1.82) is 5.26 Å². The van der Waals surface area contributed by atoms with Crippen molar-refractivity contribution in [2.45, 2.75) is 18.6 Å². The number of aromatic nitrogens is 1. The van der Waals surface area contributed by atoms with E-state index in [0.717, 1.165) is 18.7 Å². The SMILES string of the molecule is N#Cc1cccc(NC2CCN(c3ncc(C(=O)O)cc3Cl)C2)c1.O=C(O)C(F)(F)F. The fourth-order valence-electron chi connectivity index (χ4n) is 2.77. The number of hydrogen-bond donors (Lipinski definition) is 3. The molecule has 1 atom stereocenters. The predicted octanol–water partition coefficient (Wildman–Crippen LogP) is 3.63. The van der Waals surface area contributed by atoms with Gasteiger partial charge in [-0.25, -0.2) is 14.6 Å². The van der Waals surface area contributed by atoms with E-state index >= 15 is 0 Å². The first-order chi connectivity index (χ1) is 14.5. The molecule has 0 radical (unpaired) electrons. The monoisotopic (exact) mass is 456 g/mol. The molecule has 0 amide bonds. The zero-order valence-electron chi connectivity index (χ0n) is 15.7. The Morgan fingerprint density at radius 2 is 1.97 bits per heavy atom. The van der Waals surface area contributed by atoms with Crippen LogP contribution in [-0.4, -0.2) is 52.4 Å². The number of anilines is 2. The number of nitrogens with zero attached hydrogens (tertiary/aromatic N) is 3. The largest absolute Gasteiger partial charge is 0.490 e. The summed E-state index contributed by atoms with van der Waals surface area (Å²) in [5.41, 5.74) is 1.59. The maximum atomic E-state index is 10.9. The summed E-state index contributed by atoms with van der Waals surface area (Å²) in [6, 6.07) is 11.1. The van der Waals surface area contributed by atoms with E-state index in [1.165, 1.54) is 12.3 Å². The molecule has 31 heavy (non-hydrogen) atoms. The second-order valence-electron chi connectivity index (χ2n) is 6.41. The number of halogens is 4. The molecule has 0 spiro atoms. The van der Waals surface area contributed by atoms with Crippen molar-refractivity contribution in [3.8, 4) is 6.07 Å². The Bertz CT molecular complexity index is 1010. The van der Waals surface area contributed by atoms with Crippen LogP contribution in [0.3, 0.4) is 0 Å². The molecule has 1 aliphatic heterocycles. The minimum Gasteiger partial charge on any atom is -0.478 e. The van der Waals surface area contributed by atoms with E-state index in [-0.39, 0.29) is 11.6 Å². The third-order valence-electron chi connectivity index (χ3n) is 4.16. The molecule has 0 bridgehead atoms. The summed E-state index contributed by atoms with van der Waals surface area (Å²) in [6.07, 6.45) is -2.86. The lowest BCUT2D eigenvalue weighted by molar-refractivity contribution is -0.192. The number of nitriles is 1. The van der Waals surface area contributed by atoms with Gasteiger partial charge in [-0.15, -0.1) is 0 Å². The van der Waals surface area contributed by atoms with Crippen LogP contribution in [0.25, 0.3) is 0 Å². The van der Waals surface area contributed by atoms with Gasteiger partial charge in [-0.05, 0) is 30.7 Å². The molecular formula is C19H16ClF3N4O4. The van der Waals surface area contributed by atoms with E-state index in [1.54, 1.807) is 6.07 Å². The quantitative estimate of drug-likeness (QED) is 0.636. The van der Waals surface area contributed by atoms with Crippen LogP contribution < -0.4 is 10.2 Å². The van der Waals surface area contributed by atoms with Crippen LogP contribution in [0.4, 0.5) is 24.7 Å². The highest BCUT2D eigenvalue weighted by Gasteiger charge is 2.38. The van der Waals surface area contributed by atoms with Gasteiger partial charge in [-0.1, -0.05) is 17.7 Å². The second-order valence-corrected chi connectivity index (χ2v) is 6.81. The number of aromatic carboxylic acids is 1. The Kier molecular flexibility index (Phi) is 7.66. The van der Waals surface area contributed by atoms with Gasteiger partial charge in [0.2, 0.25) is 0 Å². The lowest BCUT2D eigenvalue weighted by Gasteiger charge is -2.19. The van der Waals surface area contributed by atoms with Gasteiger partial charge in [0.15, 0.2) is 0 Å². The number of pyridine rings is 1. The fourth-order valence-corrected chi connectivity index (χ4v) is 3.05. The topological polar surface area (TPSA) is 127 Å². The normalized spacial score (nSPS) is 15.5. The highest BCUT2D eigenvalue weighted by Crippen LogP contribution is 2.28. The zero-order valence-corrected chi connectivity index (χ0v) is 16.5. The van der Waals surface area contributed by atoms with Gasteiger partial charge in [0.05, 0.1) is 22.2 Å². The first-order valence-electron chi connectivity index (χ1n) is 8.72. The molecule has 0 saturated carbocycles. The van der Waals surface area contributed by atoms with E-state index in [1.807, 2.05) is 23.1 Å². The fraction of sp³-hybridized carbons (Fsp3) is 0.263. The molecule has 164 valence electrons. The summed E-state index contributed by atoms with van der Waals surface area (Å²) in [7, 11) is 0. The van der Waals surface area contributed by atoms with Gasteiger partial charge in [0, 0.05) is 31.0 Å². The summed E-state index contributed by atoms with van der Waals surface area (Å²) in [4.78, 5) is 26.1. The van der Waals surface area contributed by atoms with Gasteiger partial charge in [-0.3, -0.25) is 0 Å². The van der Waals surface area contributed by atoms with E-state index in [4.69, 9.17) is 31.9 Å². The third kappa shape index (κ3) is 6.75. The molecule has 1 fully saturated rings. The molecule has 2 heterocycles. The van der Waals surface area contributed by atoms with Gasteiger partial charge in [0.1, 0.15) is 5.82 Å². The second kappa shape index (κ2) is 9.99. The van der Waals surface area contributed by atoms with Crippen LogP contribution >= 0.6 is 11.6 Å². The standard InChI is InChI=1S/C17H15ClN4O2.C2HF3O2/c18-15-7-12(17(23)24)9-20-16(15)22-5-4-14(10-22)21-13-3-1-2-11(6-13)8-19;3-2(4,5)1(6)7/h1-3,6-7,9,14,21H,4-5,10H2,(H,23,24);(H,6,7). The van der Waals surface area contributed by atoms with Crippen LogP contribution in [0.2, 0.25) is 5.02 Å². The van der Waals surface area contributed by atoms with Crippen molar-refractivity contribution < 1.29 is 33.0 Å². The van der Waals surface area contributed by atoms with Crippen LogP contribution in [0.15, 0.2) is 36.5 Å². The van der Waals surface area contributed by atoms with E-state index in [0.29, 0.717) is 22.9 Å². The molecule has 1 aromatic heterocycles. The number of nitrogens with one attached hydrogen (secondary N) is 1. The number of alkyl halides is 3. The maximum Gasteiger partial charge on any atom is 0.490 e. The molecular weight excluding hydrogens is 441 g/mol. The zero-order chi connectivity index (χ0) is 23.2. The van der Waals surface area contributed by atoms with Gasteiger partial charge >= 0.3 is 18.1 Å². The number of carbonyl (C=O) groups is 2. The van der Waals surface area contributed by atoms with Crippen molar-refractivity contribution in [1.82, 2.24) is 4.98 Å². The predicted molar refractivity (Wildman–Crippen MR) is 105 cm³/mol. The Hall–Kier alpha value is -3.52. The molecule has 3 N–H and O–H groups in total. The van der Waals surface area contributed by atoms with E-state index < -0.39 is 18.1 Å². The Morgan fingerprint density at radius 3 is 2.52 bits per heavy atom. The molecule has 1 aromatic carbocycles. The van der Waals surface area contributed by atoms with Crippen molar-refractivity contribution in [3.63, 3.8) is 0 Å². The van der Waals surface area contributed by atoms with Crippen LogP contribution in [0.1, 0.15) is 22.3 Å². The highest BCUT2D eigenvalue weighted by molar-refractivity contribution is 6.33. The number of rotatable bonds is 4. The average Bonchev–Trinajstić information content (AvgIpc) is 3.15. The Morgan fingerprint density at radius 1 is 1.29 bits per heavy atom. The molecule has 3 rings (SSSR count). The summed E-state index contributed by atoms with van der Waals surface area (Å²) >= 11 is 6.18. The molecule has 2 aromatic rings. The smallest absolute Gasteiger partial charge is 0.478 e. The molecule has 0 aliphatic carbocycles. The van der Waals surface area contributed by atoms with E-state index in [9.17, 15) is 18.0 Å². The van der Waals surface area contributed by atoms with Gasteiger partial charge in [-0.2, -0.15) is 18.4 Å². The number of carboxylic acid groups (broad SMARTS) is 2. The van der Waals surface area contributed by atoms with Crippen LogP contribution in [-0.2, 0) is 4.79 Å². The molecule has 12 heteroatoms. The number of aliphatic carboxylic acids is 1. The maximum absolute atomic E-state index is 10.9. The number of carboxylic acids is 2. The minimum absolute atomic E-state index is 0.0749. The van der Waals surface area contributed by atoms with Crippen molar-refractivity contribution in [2.75, 3.05) is 23.3 Å². The summed E-state index contributed by atoms with van der Waals surface area (Å²) in [6.45, 7) is 1.48. The Labute approximate surface area is 179 Å².